The lowest BCUT2D eigenvalue weighted by Crippen LogP contribution is -2.36. The van der Waals surface area contributed by atoms with Crippen LogP contribution in [0.2, 0.25) is 0 Å². The molecule has 2 unspecified atom stereocenters. The van der Waals surface area contributed by atoms with E-state index in [1.165, 1.54) is 44.6 Å². The average molecular weight is 481 g/mol. The Balaban J connectivity index is 4.11. The number of carbonyl (C=O) groups excluding carboxylic acids is 2. The van der Waals surface area contributed by atoms with Crippen LogP contribution in [-0.2, 0) is 33.9 Å². The van der Waals surface area contributed by atoms with Crippen molar-refractivity contribution in [1.82, 2.24) is 0 Å². The Bertz CT molecular complexity index is 619. The highest BCUT2D eigenvalue weighted by Crippen LogP contribution is 2.12. The Kier molecular flexibility index (Phi) is 18.1. The summed E-state index contributed by atoms with van der Waals surface area (Å²) in [7, 11) is -4.88. The van der Waals surface area contributed by atoms with Gasteiger partial charge in [0.2, 0.25) is 0 Å². The van der Waals surface area contributed by atoms with Crippen molar-refractivity contribution in [2.45, 2.75) is 88.9 Å². The summed E-state index contributed by atoms with van der Waals surface area (Å²) in [6.45, 7) is 5.22. The van der Waals surface area contributed by atoms with Gasteiger partial charge in [-0.05, 0) is 6.42 Å². The molecule has 2 atom stereocenters. The van der Waals surface area contributed by atoms with Gasteiger partial charge in [0.05, 0.1) is 26.2 Å². The maximum absolute atomic E-state index is 12.0. The number of carbonyl (C=O) groups is 2. The quantitative estimate of drug-likeness (QED) is 0.110. The fourth-order valence-electron chi connectivity index (χ4n) is 2.90. The molecule has 0 saturated heterocycles. The lowest BCUT2D eigenvalue weighted by atomic mass is 10.1. The minimum atomic E-state index is -4.88. The second kappa shape index (κ2) is 19.0. The molecule has 0 spiro atoms. The highest BCUT2D eigenvalue weighted by molar-refractivity contribution is 7.87. The molecule has 0 aliphatic heterocycles. The standard InChI is InChI=1S/C22H40O9S/c1-3-5-6-7-8-9-10-11-12-13-15-30-21(24)16-20(32(26,27)28)22(25)31-18-19(23)17-29-14-4-2/h4,19-20,23H,2-3,5-18H2,1H3,(H,26,27,28). The van der Waals surface area contributed by atoms with E-state index in [9.17, 15) is 27.7 Å². The van der Waals surface area contributed by atoms with Crippen molar-refractivity contribution < 1.29 is 41.9 Å². The first-order valence-electron chi connectivity index (χ1n) is 11.4. The zero-order valence-corrected chi connectivity index (χ0v) is 20.0. The van der Waals surface area contributed by atoms with E-state index >= 15 is 0 Å². The van der Waals surface area contributed by atoms with Crippen LogP contribution in [-0.4, -0.2) is 67.8 Å². The van der Waals surface area contributed by atoms with Gasteiger partial charge in [-0.3, -0.25) is 14.1 Å². The molecule has 0 radical (unpaired) electrons. The van der Waals surface area contributed by atoms with Crippen LogP contribution in [0.5, 0.6) is 0 Å². The summed E-state index contributed by atoms with van der Waals surface area (Å²) in [6.07, 6.45) is 10.6. The molecule has 0 rings (SSSR count). The lowest BCUT2D eigenvalue weighted by Gasteiger charge is -2.15. The lowest BCUT2D eigenvalue weighted by molar-refractivity contribution is -0.152. The third-order valence-corrected chi connectivity index (χ3v) is 5.78. The molecule has 0 aromatic rings. The molecule has 0 heterocycles. The number of aliphatic hydroxyl groups is 1. The van der Waals surface area contributed by atoms with Crippen molar-refractivity contribution in [2.24, 2.45) is 0 Å². The Morgan fingerprint density at radius 1 is 0.938 bits per heavy atom. The number of unbranched alkanes of at least 4 members (excludes halogenated alkanes) is 9. The van der Waals surface area contributed by atoms with E-state index in [2.05, 4.69) is 13.5 Å². The van der Waals surface area contributed by atoms with Gasteiger partial charge >= 0.3 is 11.9 Å². The second-order valence-electron chi connectivity index (χ2n) is 7.72. The summed E-state index contributed by atoms with van der Waals surface area (Å²) in [5, 5.41) is 7.51. The molecule has 0 aliphatic carbocycles. The molecule has 9 nitrogen and oxygen atoms in total. The first-order chi connectivity index (χ1) is 15.2. The van der Waals surface area contributed by atoms with Crippen LogP contribution >= 0.6 is 0 Å². The van der Waals surface area contributed by atoms with Crippen molar-refractivity contribution in [3.05, 3.63) is 12.7 Å². The van der Waals surface area contributed by atoms with E-state index in [0.717, 1.165) is 19.3 Å². The predicted molar refractivity (Wildman–Crippen MR) is 121 cm³/mol. The van der Waals surface area contributed by atoms with Gasteiger partial charge in [-0.1, -0.05) is 70.8 Å². The predicted octanol–water partition coefficient (Wildman–Crippen LogP) is 3.20. The Hall–Kier alpha value is -1.49. The third kappa shape index (κ3) is 17.1. The monoisotopic (exact) mass is 480 g/mol. The van der Waals surface area contributed by atoms with Gasteiger partial charge in [0.1, 0.15) is 12.7 Å². The van der Waals surface area contributed by atoms with E-state index in [-0.39, 0.29) is 19.8 Å². The van der Waals surface area contributed by atoms with Crippen molar-refractivity contribution in [3.63, 3.8) is 0 Å². The van der Waals surface area contributed by atoms with Crippen LogP contribution in [0.1, 0.15) is 77.6 Å². The molecule has 10 heteroatoms. The molecule has 32 heavy (non-hydrogen) atoms. The number of hydrogen-bond acceptors (Lipinski definition) is 8. The molecule has 0 aromatic heterocycles. The molecule has 0 aliphatic rings. The third-order valence-electron chi connectivity index (χ3n) is 4.70. The summed E-state index contributed by atoms with van der Waals surface area (Å²) >= 11 is 0. The Morgan fingerprint density at radius 2 is 1.50 bits per heavy atom. The zero-order valence-electron chi connectivity index (χ0n) is 19.2. The minimum absolute atomic E-state index is 0.113. The van der Waals surface area contributed by atoms with Gasteiger partial charge in [0.15, 0.2) is 5.25 Å². The summed E-state index contributed by atoms with van der Waals surface area (Å²) in [4.78, 5) is 23.9. The second-order valence-corrected chi connectivity index (χ2v) is 9.32. The molecule has 0 bridgehead atoms. The van der Waals surface area contributed by atoms with Crippen molar-refractivity contribution in [2.75, 3.05) is 26.4 Å². The number of esters is 2. The first-order valence-corrected chi connectivity index (χ1v) is 12.9. The van der Waals surface area contributed by atoms with Gasteiger partial charge in [0.25, 0.3) is 10.1 Å². The van der Waals surface area contributed by atoms with Crippen LogP contribution < -0.4 is 0 Å². The topological polar surface area (TPSA) is 136 Å². The number of rotatable bonds is 21. The maximum atomic E-state index is 12.0. The molecule has 0 amide bonds. The minimum Gasteiger partial charge on any atom is -0.466 e. The van der Waals surface area contributed by atoms with Crippen molar-refractivity contribution >= 4 is 22.1 Å². The van der Waals surface area contributed by atoms with E-state index in [4.69, 9.17) is 14.2 Å². The molecular weight excluding hydrogens is 440 g/mol. The normalized spacial score (nSPS) is 13.3. The van der Waals surface area contributed by atoms with Crippen LogP contribution in [0.3, 0.4) is 0 Å². The SMILES string of the molecule is C=CCOCC(O)COC(=O)C(CC(=O)OCCCCCCCCCCCC)S(=O)(=O)O. The van der Waals surface area contributed by atoms with Gasteiger partial charge in [0, 0.05) is 0 Å². The van der Waals surface area contributed by atoms with Crippen LogP contribution in [0.4, 0.5) is 0 Å². The van der Waals surface area contributed by atoms with Crippen LogP contribution in [0.15, 0.2) is 12.7 Å². The average Bonchev–Trinajstić information content (AvgIpc) is 2.73. The summed E-state index contributed by atoms with van der Waals surface area (Å²) in [6, 6.07) is 0. The highest BCUT2D eigenvalue weighted by atomic mass is 32.2. The molecule has 2 N–H and O–H groups in total. The van der Waals surface area contributed by atoms with Gasteiger partial charge in [-0.2, -0.15) is 8.42 Å². The van der Waals surface area contributed by atoms with Crippen molar-refractivity contribution in [1.29, 1.82) is 0 Å². The van der Waals surface area contributed by atoms with Gasteiger partial charge in [-0.15, -0.1) is 6.58 Å². The van der Waals surface area contributed by atoms with Gasteiger partial charge in [-0.25, -0.2) is 0 Å². The van der Waals surface area contributed by atoms with Crippen LogP contribution in [0, 0.1) is 0 Å². The van der Waals surface area contributed by atoms with E-state index in [1.54, 1.807) is 0 Å². The summed E-state index contributed by atoms with van der Waals surface area (Å²) < 4.78 is 46.9. The van der Waals surface area contributed by atoms with Gasteiger partial charge < -0.3 is 19.3 Å². The number of ether oxygens (including phenoxy) is 3. The van der Waals surface area contributed by atoms with E-state index < -0.39 is 46.4 Å². The highest BCUT2D eigenvalue weighted by Gasteiger charge is 2.35. The summed E-state index contributed by atoms with van der Waals surface area (Å²) in [5.41, 5.74) is 0. The molecular formula is C22H40O9S. The van der Waals surface area contributed by atoms with E-state index in [0.29, 0.717) is 6.42 Å². The molecule has 0 fully saturated rings. The molecule has 0 aromatic carbocycles. The summed E-state index contributed by atoms with van der Waals surface area (Å²) in [5.74, 6) is -2.26. The smallest absolute Gasteiger partial charge is 0.327 e. The largest absolute Gasteiger partial charge is 0.466 e. The maximum Gasteiger partial charge on any atom is 0.327 e. The Labute approximate surface area is 192 Å². The fraction of sp³-hybridized carbons (Fsp3) is 0.818. The number of aliphatic hydroxyl groups excluding tert-OH is 1. The molecule has 0 saturated carbocycles. The van der Waals surface area contributed by atoms with E-state index in [1.807, 2.05) is 0 Å². The number of hydrogen-bond donors (Lipinski definition) is 2. The molecule has 188 valence electrons. The zero-order chi connectivity index (χ0) is 24.2. The fourth-order valence-corrected chi connectivity index (χ4v) is 3.56. The first kappa shape index (κ1) is 30.5. The van der Waals surface area contributed by atoms with Crippen LogP contribution in [0.25, 0.3) is 0 Å². The van der Waals surface area contributed by atoms with Crippen molar-refractivity contribution in [3.8, 4) is 0 Å². The Morgan fingerprint density at radius 3 is 2.03 bits per heavy atom.